The summed E-state index contributed by atoms with van der Waals surface area (Å²) in [6.45, 7) is 8.78. The molecule has 198 valence electrons. The van der Waals surface area contributed by atoms with Crippen LogP contribution in [0, 0.1) is 0 Å². The molecular formula is C29H37N3O5. The summed E-state index contributed by atoms with van der Waals surface area (Å²) in [5.41, 5.74) is 3.61. The van der Waals surface area contributed by atoms with Crippen molar-refractivity contribution in [1.29, 1.82) is 0 Å². The number of carboxylic acid groups (broad SMARTS) is 1. The number of rotatable bonds is 15. The van der Waals surface area contributed by atoms with Gasteiger partial charge in [0, 0.05) is 23.8 Å². The van der Waals surface area contributed by atoms with Crippen molar-refractivity contribution in [2.24, 2.45) is 0 Å². The Hall–Kier alpha value is -3.33. The van der Waals surface area contributed by atoms with E-state index in [2.05, 4.69) is 18.7 Å². The number of benzene rings is 2. The molecule has 0 aliphatic carbocycles. The van der Waals surface area contributed by atoms with E-state index in [0.717, 1.165) is 28.3 Å². The predicted molar refractivity (Wildman–Crippen MR) is 144 cm³/mol. The molecule has 3 rings (SSSR count). The number of anilines is 1. The summed E-state index contributed by atoms with van der Waals surface area (Å²) in [7, 11) is 0. The van der Waals surface area contributed by atoms with Crippen molar-refractivity contribution >= 4 is 11.8 Å². The molecule has 0 spiro atoms. The van der Waals surface area contributed by atoms with Gasteiger partial charge in [-0.2, -0.15) is 0 Å². The third kappa shape index (κ3) is 8.35. The van der Waals surface area contributed by atoms with E-state index in [0.29, 0.717) is 19.6 Å². The Bertz CT molecular complexity index is 1100. The number of carboxylic acids is 1. The minimum atomic E-state index is -1.01. The quantitative estimate of drug-likeness (QED) is 0.278. The number of aromatic nitrogens is 2. The molecule has 0 fully saturated rings. The van der Waals surface area contributed by atoms with Crippen molar-refractivity contribution in [2.75, 3.05) is 31.3 Å². The number of aliphatic carboxylic acids is 1. The molecule has 0 saturated carbocycles. The Kier molecular flexibility index (Phi) is 11.0. The number of hydrogen-bond donors (Lipinski definition) is 1. The van der Waals surface area contributed by atoms with Gasteiger partial charge in [0.15, 0.2) is 6.29 Å². The van der Waals surface area contributed by atoms with E-state index in [4.69, 9.17) is 29.3 Å². The first-order valence-electron chi connectivity index (χ1n) is 12.7. The molecule has 0 radical (unpaired) electrons. The molecule has 2 aromatic carbocycles. The zero-order chi connectivity index (χ0) is 26.6. The molecule has 0 amide bonds. The van der Waals surface area contributed by atoms with E-state index in [1.54, 1.807) is 6.20 Å². The first-order chi connectivity index (χ1) is 17.9. The fraction of sp³-hybridized carbons (Fsp3) is 0.414. The Morgan fingerprint density at radius 3 is 2.14 bits per heavy atom. The predicted octanol–water partition coefficient (Wildman–Crippen LogP) is 5.28. The Morgan fingerprint density at radius 1 is 0.973 bits per heavy atom. The lowest BCUT2D eigenvalue weighted by molar-refractivity contribution is -0.177. The van der Waals surface area contributed by atoms with Gasteiger partial charge in [0.2, 0.25) is 0 Å². The normalized spacial score (nSPS) is 12.9. The fourth-order valence-corrected chi connectivity index (χ4v) is 3.92. The second-order valence-electron chi connectivity index (χ2n) is 8.86. The second-order valence-corrected chi connectivity index (χ2v) is 8.86. The first kappa shape index (κ1) is 28.2. The van der Waals surface area contributed by atoms with E-state index in [1.807, 2.05) is 74.5 Å². The van der Waals surface area contributed by atoms with Crippen LogP contribution < -0.4 is 4.90 Å². The lowest BCUT2D eigenvalue weighted by atomic mass is 10.0. The molecule has 3 aromatic rings. The van der Waals surface area contributed by atoms with Gasteiger partial charge in [0.25, 0.3) is 0 Å². The highest BCUT2D eigenvalue weighted by molar-refractivity contribution is 5.78. The summed E-state index contributed by atoms with van der Waals surface area (Å²) in [5.74, 6) is -0.286. The van der Waals surface area contributed by atoms with E-state index < -0.39 is 12.3 Å². The maximum absolute atomic E-state index is 10.8. The average Bonchev–Trinajstić information content (AvgIpc) is 2.91. The maximum atomic E-state index is 10.8. The molecule has 2 unspecified atom stereocenters. The molecule has 37 heavy (non-hydrogen) atoms. The Balaban J connectivity index is 1.90. The standard InChI is InChI=1S/C29H37N3O5/c1-5-24(19-35-20-26(33)34)37-27(36-6-2)18-32(21(3)4)25-17-30-28(22-13-9-7-10-14-22)29(31-25)23-15-11-8-12-16-23/h7-17,21,24,27H,5-6,18-20H2,1-4H3,(H,33,34). The van der Waals surface area contributed by atoms with Crippen molar-refractivity contribution in [2.45, 2.75) is 52.6 Å². The zero-order valence-corrected chi connectivity index (χ0v) is 22.0. The van der Waals surface area contributed by atoms with Crippen LogP contribution in [0.2, 0.25) is 0 Å². The molecule has 0 aliphatic heterocycles. The molecule has 1 aromatic heterocycles. The highest BCUT2D eigenvalue weighted by atomic mass is 16.7. The number of nitrogens with zero attached hydrogens (tertiary/aromatic N) is 3. The molecule has 2 atom stereocenters. The average molecular weight is 508 g/mol. The summed E-state index contributed by atoms with van der Waals surface area (Å²) >= 11 is 0. The molecular weight excluding hydrogens is 470 g/mol. The molecule has 8 heteroatoms. The molecule has 0 saturated heterocycles. The monoisotopic (exact) mass is 507 g/mol. The van der Waals surface area contributed by atoms with Gasteiger partial charge in [-0.05, 0) is 27.2 Å². The topological polar surface area (TPSA) is 94.0 Å². The Labute approximate surface area is 219 Å². The summed E-state index contributed by atoms with van der Waals surface area (Å²) in [4.78, 5) is 22.9. The van der Waals surface area contributed by atoms with Gasteiger partial charge in [-0.3, -0.25) is 4.98 Å². The van der Waals surface area contributed by atoms with Crippen LogP contribution in [0.5, 0.6) is 0 Å². The van der Waals surface area contributed by atoms with Gasteiger partial charge in [-0.1, -0.05) is 67.6 Å². The van der Waals surface area contributed by atoms with Gasteiger partial charge >= 0.3 is 5.97 Å². The summed E-state index contributed by atoms with van der Waals surface area (Å²) < 4.78 is 17.4. The third-order valence-corrected chi connectivity index (χ3v) is 5.80. The maximum Gasteiger partial charge on any atom is 0.329 e. The van der Waals surface area contributed by atoms with E-state index >= 15 is 0 Å². The van der Waals surface area contributed by atoms with Crippen LogP contribution >= 0.6 is 0 Å². The van der Waals surface area contributed by atoms with Gasteiger partial charge in [0.05, 0.1) is 36.8 Å². The first-order valence-corrected chi connectivity index (χ1v) is 12.7. The summed E-state index contributed by atoms with van der Waals surface area (Å²) in [6, 6.07) is 20.2. The third-order valence-electron chi connectivity index (χ3n) is 5.80. The van der Waals surface area contributed by atoms with Gasteiger partial charge in [-0.15, -0.1) is 0 Å². The molecule has 0 aliphatic rings. The summed E-state index contributed by atoms with van der Waals surface area (Å²) in [5, 5.41) is 8.86. The number of carbonyl (C=O) groups is 1. The van der Waals surface area contributed by atoms with Crippen molar-refractivity contribution < 1.29 is 24.1 Å². The van der Waals surface area contributed by atoms with Crippen LogP contribution in [0.1, 0.15) is 34.1 Å². The number of hydrogen-bond acceptors (Lipinski definition) is 7. The van der Waals surface area contributed by atoms with Crippen LogP contribution in [-0.2, 0) is 19.0 Å². The highest BCUT2D eigenvalue weighted by Gasteiger charge is 2.24. The van der Waals surface area contributed by atoms with Crippen molar-refractivity contribution in [3.8, 4) is 22.5 Å². The fourth-order valence-electron chi connectivity index (χ4n) is 3.92. The van der Waals surface area contributed by atoms with Gasteiger partial charge in [-0.25, -0.2) is 9.78 Å². The molecule has 1 heterocycles. The number of ether oxygens (including phenoxy) is 3. The minimum absolute atomic E-state index is 0.0930. The van der Waals surface area contributed by atoms with E-state index in [-0.39, 0.29) is 25.4 Å². The van der Waals surface area contributed by atoms with Crippen molar-refractivity contribution in [3.63, 3.8) is 0 Å². The second kappa shape index (κ2) is 14.4. The van der Waals surface area contributed by atoms with Crippen molar-refractivity contribution in [1.82, 2.24) is 9.97 Å². The van der Waals surface area contributed by atoms with Crippen LogP contribution in [0.3, 0.4) is 0 Å². The van der Waals surface area contributed by atoms with E-state index in [1.165, 1.54) is 0 Å². The SMILES string of the molecule is CCOC(CN(c1cnc(-c2ccccc2)c(-c2ccccc2)n1)C(C)C)OC(CC)COCC(=O)O. The van der Waals surface area contributed by atoms with Gasteiger partial charge in [0.1, 0.15) is 12.4 Å². The smallest absolute Gasteiger partial charge is 0.329 e. The molecule has 8 nitrogen and oxygen atoms in total. The minimum Gasteiger partial charge on any atom is -0.480 e. The lowest BCUT2D eigenvalue weighted by Gasteiger charge is -2.33. The lowest BCUT2D eigenvalue weighted by Crippen LogP contribution is -2.42. The highest BCUT2D eigenvalue weighted by Crippen LogP contribution is 2.31. The van der Waals surface area contributed by atoms with Crippen LogP contribution in [-0.4, -0.2) is 65.8 Å². The molecule has 0 bridgehead atoms. The largest absolute Gasteiger partial charge is 0.480 e. The van der Waals surface area contributed by atoms with E-state index in [9.17, 15) is 4.79 Å². The van der Waals surface area contributed by atoms with Crippen LogP contribution in [0.25, 0.3) is 22.5 Å². The van der Waals surface area contributed by atoms with Gasteiger partial charge < -0.3 is 24.2 Å². The molecule has 1 N–H and O–H groups in total. The summed E-state index contributed by atoms with van der Waals surface area (Å²) in [6.07, 6.45) is 1.61. The Morgan fingerprint density at radius 2 is 1.59 bits per heavy atom. The van der Waals surface area contributed by atoms with Crippen LogP contribution in [0.15, 0.2) is 66.9 Å². The van der Waals surface area contributed by atoms with Crippen molar-refractivity contribution in [3.05, 3.63) is 66.9 Å². The zero-order valence-electron chi connectivity index (χ0n) is 22.0. The van der Waals surface area contributed by atoms with Crippen LogP contribution in [0.4, 0.5) is 5.82 Å².